The van der Waals surface area contributed by atoms with Crippen LogP contribution in [0, 0.1) is 0 Å². The van der Waals surface area contributed by atoms with Gasteiger partial charge in [-0.1, -0.05) is 56.3 Å². The maximum atomic E-state index is 9.70. The van der Waals surface area contributed by atoms with Gasteiger partial charge in [0.15, 0.2) is 0 Å². The van der Waals surface area contributed by atoms with E-state index in [0.717, 1.165) is 30.5 Å². The number of halogens is 1. The third kappa shape index (κ3) is 13.2. The molecule has 0 bridgehead atoms. The molecule has 1 aliphatic carbocycles. The lowest BCUT2D eigenvalue weighted by Gasteiger charge is -2.23. The fourth-order valence-electron chi connectivity index (χ4n) is 2.50. The van der Waals surface area contributed by atoms with Gasteiger partial charge in [-0.25, -0.2) is 4.98 Å². The van der Waals surface area contributed by atoms with Crippen molar-refractivity contribution in [3.63, 3.8) is 0 Å². The monoisotopic (exact) mass is 488 g/mol. The van der Waals surface area contributed by atoms with Crippen molar-refractivity contribution in [1.29, 1.82) is 0 Å². The molecule has 1 aliphatic rings. The van der Waals surface area contributed by atoms with Crippen LogP contribution in [0.5, 0.6) is 0 Å². The lowest BCUT2D eigenvalue weighted by molar-refractivity contribution is -0.110. The summed E-state index contributed by atoms with van der Waals surface area (Å²) in [4.78, 5) is 22.8. The van der Waals surface area contributed by atoms with Gasteiger partial charge in [-0.05, 0) is 50.1 Å². The standard InChI is InChI=1S/C9H10N2.C6H7ClN2.C5H9NO.C3H6O.C2H5N/c1-2-8-7-5-3-4-6-9(7)11-10-8;1-8-6-4-2-3-5(7)9-6;7-4-6-5-2-1-3-5;1-2-3-4;1-2-3/h3-6H,2H2,1H3,(H,10,11);2-4H,1H3,(H,8,9);4-5H,1-3H2,(H,6,7);3H,2H2,1H3;2H,1,3H2. The summed E-state index contributed by atoms with van der Waals surface area (Å²) in [5.41, 5.74) is 6.89. The molecule has 8 nitrogen and oxygen atoms in total. The third-order valence-electron chi connectivity index (χ3n) is 4.44. The molecule has 0 saturated heterocycles. The average molecular weight is 489 g/mol. The van der Waals surface area contributed by atoms with Gasteiger partial charge in [-0.2, -0.15) is 5.10 Å². The molecule has 0 spiro atoms. The molecule has 186 valence electrons. The lowest BCUT2D eigenvalue weighted by atomic mass is 9.94. The van der Waals surface area contributed by atoms with E-state index in [0.29, 0.717) is 17.6 Å². The fraction of sp³-hybridized carbons (Fsp3) is 0.360. The number of nitrogens with zero attached hydrogens (tertiary/aromatic N) is 2. The Morgan fingerprint density at radius 1 is 1.18 bits per heavy atom. The molecular formula is C25H37ClN6O2. The maximum absolute atomic E-state index is 9.70. The van der Waals surface area contributed by atoms with Crippen molar-refractivity contribution in [3.8, 4) is 0 Å². The first kappa shape index (κ1) is 30.6. The molecule has 1 aromatic carbocycles. The average Bonchev–Trinajstić information content (AvgIpc) is 3.26. The van der Waals surface area contributed by atoms with Crippen LogP contribution in [-0.2, 0) is 16.0 Å². The minimum atomic E-state index is 0.512. The Morgan fingerprint density at radius 3 is 2.24 bits per heavy atom. The van der Waals surface area contributed by atoms with E-state index in [-0.39, 0.29) is 0 Å². The summed E-state index contributed by atoms with van der Waals surface area (Å²) in [7, 11) is 1.80. The quantitative estimate of drug-likeness (QED) is 0.300. The van der Waals surface area contributed by atoms with Gasteiger partial charge in [0, 0.05) is 30.6 Å². The number of amides is 1. The molecule has 9 heteroatoms. The number of carbonyl (C=O) groups is 2. The highest BCUT2D eigenvalue weighted by Crippen LogP contribution is 2.17. The number of aromatic nitrogens is 3. The number of H-pyrrole nitrogens is 1. The highest BCUT2D eigenvalue weighted by Gasteiger charge is 2.14. The van der Waals surface area contributed by atoms with Crippen LogP contribution < -0.4 is 16.4 Å². The highest BCUT2D eigenvalue weighted by atomic mass is 35.5. The first-order valence-corrected chi connectivity index (χ1v) is 11.6. The second-order valence-electron chi connectivity index (χ2n) is 6.89. The van der Waals surface area contributed by atoms with Gasteiger partial charge in [0.1, 0.15) is 17.3 Å². The summed E-state index contributed by atoms with van der Waals surface area (Å²) in [5, 5.41) is 14.5. The van der Waals surface area contributed by atoms with Crippen LogP contribution in [0.25, 0.3) is 10.9 Å². The number of anilines is 1. The van der Waals surface area contributed by atoms with Crippen LogP contribution >= 0.6 is 11.6 Å². The SMILES string of the molecule is C=CN.CCC=O.CCc1[nH]nc2ccccc12.CNc1cccc(Cl)n1.O=CNC1CCC1. The summed E-state index contributed by atoms with van der Waals surface area (Å²) in [6, 6.07) is 14.1. The summed E-state index contributed by atoms with van der Waals surface area (Å²) in [6.45, 7) is 7.08. The molecule has 2 heterocycles. The zero-order valence-corrected chi connectivity index (χ0v) is 21.0. The predicted molar refractivity (Wildman–Crippen MR) is 142 cm³/mol. The van der Waals surface area contributed by atoms with Crippen LogP contribution in [0.3, 0.4) is 0 Å². The van der Waals surface area contributed by atoms with E-state index in [1.165, 1.54) is 36.5 Å². The number of benzene rings is 1. The predicted octanol–water partition coefficient (Wildman–Crippen LogP) is 4.87. The van der Waals surface area contributed by atoms with Gasteiger partial charge >= 0.3 is 0 Å². The van der Waals surface area contributed by atoms with E-state index in [4.69, 9.17) is 11.6 Å². The van der Waals surface area contributed by atoms with Crippen LogP contribution in [0.4, 0.5) is 5.82 Å². The van der Waals surface area contributed by atoms with E-state index in [1.807, 2.05) is 37.3 Å². The van der Waals surface area contributed by atoms with Gasteiger partial charge in [-0.15, -0.1) is 0 Å². The third-order valence-corrected chi connectivity index (χ3v) is 4.65. The Balaban J connectivity index is 0.000000431. The van der Waals surface area contributed by atoms with Gasteiger partial charge in [0.25, 0.3) is 0 Å². The summed E-state index contributed by atoms with van der Waals surface area (Å²) in [5.74, 6) is 0.794. The lowest BCUT2D eigenvalue weighted by Crippen LogP contribution is -2.33. The molecule has 0 aliphatic heterocycles. The number of pyridine rings is 1. The Bertz CT molecular complexity index is 944. The van der Waals surface area contributed by atoms with Crippen molar-refractivity contribution in [1.82, 2.24) is 20.5 Å². The van der Waals surface area contributed by atoms with Crippen LogP contribution in [0.1, 0.15) is 45.2 Å². The van der Waals surface area contributed by atoms with Crippen molar-refractivity contribution >= 4 is 41.0 Å². The van der Waals surface area contributed by atoms with Gasteiger partial charge in [-0.3, -0.25) is 9.89 Å². The van der Waals surface area contributed by atoms with Crippen LogP contribution in [0.15, 0.2) is 55.2 Å². The van der Waals surface area contributed by atoms with E-state index in [9.17, 15) is 9.59 Å². The van der Waals surface area contributed by atoms with Crippen molar-refractivity contribution in [2.24, 2.45) is 5.73 Å². The van der Waals surface area contributed by atoms with E-state index in [1.54, 1.807) is 13.1 Å². The summed E-state index contributed by atoms with van der Waals surface area (Å²) in [6.07, 6.45) is 8.20. The minimum Gasteiger partial charge on any atom is -0.405 e. The number of nitrogens with one attached hydrogen (secondary N) is 3. The van der Waals surface area contributed by atoms with Crippen molar-refractivity contribution in [2.75, 3.05) is 12.4 Å². The number of rotatable bonds is 5. The van der Waals surface area contributed by atoms with E-state index >= 15 is 0 Å². The van der Waals surface area contributed by atoms with Gasteiger partial charge in [0.2, 0.25) is 6.41 Å². The first-order valence-electron chi connectivity index (χ1n) is 11.2. The smallest absolute Gasteiger partial charge is 0.207 e. The van der Waals surface area contributed by atoms with Crippen molar-refractivity contribution < 1.29 is 9.59 Å². The number of aromatic amines is 1. The summed E-state index contributed by atoms with van der Waals surface area (Å²) < 4.78 is 0. The number of hydrogen-bond acceptors (Lipinski definition) is 6. The Labute approximate surface area is 207 Å². The molecule has 3 aromatic rings. The Hall–Kier alpha value is -3.39. The summed E-state index contributed by atoms with van der Waals surface area (Å²) >= 11 is 5.57. The van der Waals surface area contributed by atoms with Crippen LogP contribution in [0.2, 0.25) is 5.15 Å². The second kappa shape index (κ2) is 20.2. The number of hydrogen-bond donors (Lipinski definition) is 4. The molecule has 0 radical (unpaired) electrons. The molecule has 34 heavy (non-hydrogen) atoms. The number of para-hydroxylation sites is 1. The minimum absolute atomic E-state index is 0.512. The number of nitrogens with two attached hydrogens (primary N) is 1. The number of carbonyl (C=O) groups excluding carboxylic acids is 2. The normalized spacial score (nSPS) is 11.2. The molecule has 0 atom stereocenters. The molecule has 1 amide bonds. The zero-order valence-electron chi connectivity index (χ0n) is 20.3. The van der Waals surface area contributed by atoms with Gasteiger partial charge in [0.05, 0.1) is 5.52 Å². The Kier molecular flexibility index (Phi) is 18.2. The Morgan fingerprint density at radius 2 is 1.82 bits per heavy atom. The zero-order chi connectivity index (χ0) is 25.6. The van der Waals surface area contributed by atoms with Crippen molar-refractivity contribution in [3.05, 3.63) is 66.1 Å². The maximum Gasteiger partial charge on any atom is 0.207 e. The van der Waals surface area contributed by atoms with Gasteiger partial charge < -0.3 is 21.2 Å². The second-order valence-corrected chi connectivity index (χ2v) is 7.28. The molecule has 0 unspecified atom stereocenters. The van der Waals surface area contributed by atoms with Crippen LogP contribution in [-0.4, -0.2) is 41.0 Å². The number of aldehydes is 1. The van der Waals surface area contributed by atoms with E-state index < -0.39 is 0 Å². The molecule has 1 fully saturated rings. The largest absolute Gasteiger partial charge is 0.405 e. The molecule has 2 aromatic heterocycles. The molecule has 1 saturated carbocycles. The topological polar surface area (TPSA) is 126 Å². The molecular weight excluding hydrogens is 452 g/mol. The molecule has 4 rings (SSSR count). The number of aryl methyl sites for hydroxylation is 1. The fourth-order valence-corrected chi connectivity index (χ4v) is 2.67. The first-order chi connectivity index (χ1) is 16.5. The number of fused-ring (bicyclic) bond motifs is 1. The van der Waals surface area contributed by atoms with Crippen molar-refractivity contribution in [2.45, 2.75) is 52.0 Å². The highest BCUT2D eigenvalue weighted by molar-refractivity contribution is 6.29. The molecule has 5 N–H and O–H groups in total. The van der Waals surface area contributed by atoms with E-state index in [2.05, 4.69) is 51.1 Å².